The predicted octanol–water partition coefficient (Wildman–Crippen LogP) is 10.9. The average Bonchev–Trinajstić information content (AvgIpc) is 3.26. The summed E-state index contributed by atoms with van der Waals surface area (Å²) in [6.45, 7) is 3.65. The van der Waals surface area contributed by atoms with Gasteiger partial charge in [0.25, 0.3) is 0 Å². The zero-order chi connectivity index (χ0) is 44.4. The van der Waals surface area contributed by atoms with Gasteiger partial charge in [0.05, 0.1) is 25.4 Å². The molecule has 0 aromatic heterocycles. The van der Waals surface area contributed by atoms with Crippen LogP contribution in [0.15, 0.2) is 72.9 Å². The second-order valence-corrected chi connectivity index (χ2v) is 16.9. The molecular formula is C52H91NO8. The van der Waals surface area contributed by atoms with Crippen molar-refractivity contribution in [1.82, 2.24) is 5.32 Å². The molecule has 352 valence electrons. The van der Waals surface area contributed by atoms with Gasteiger partial charge in [-0.25, -0.2) is 0 Å². The molecule has 0 bridgehead atoms. The van der Waals surface area contributed by atoms with Gasteiger partial charge in [-0.15, -0.1) is 0 Å². The third kappa shape index (κ3) is 32.0. The average molecular weight is 858 g/mol. The van der Waals surface area contributed by atoms with E-state index < -0.39 is 49.5 Å². The van der Waals surface area contributed by atoms with Crippen LogP contribution in [0.25, 0.3) is 0 Å². The molecule has 0 aromatic carbocycles. The molecule has 1 heterocycles. The first-order chi connectivity index (χ1) is 29.8. The molecule has 1 amide bonds. The lowest BCUT2D eigenvalue weighted by Gasteiger charge is -2.40. The van der Waals surface area contributed by atoms with Crippen molar-refractivity contribution in [2.75, 3.05) is 13.2 Å². The van der Waals surface area contributed by atoms with Gasteiger partial charge in [0.1, 0.15) is 24.4 Å². The predicted molar refractivity (Wildman–Crippen MR) is 253 cm³/mol. The number of nitrogens with one attached hydrogen (secondary N) is 1. The fourth-order valence-electron chi connectivity index (χ4n) is 7.40. The number of hydrogen-bond acceptors (Lipinski definition) is 8. The molecule has 9 heteroatoms. The highest BCUT2D eigenvalue weighted by Gasteiger charge is 2.44. The summed E-state index contributed by atoms with van der Waals surface area (Å²) in [7, 11) is 0. The van der Waals surface area contributed by atoms with Crippen LogP contribution < -0.4 is 5.32 Å². The van der Waals surface area contributed by atoms with Crippen LogP contribution in [0, 0.1) is 0 Å². The maximum absolute atomic E-state index is 12.9. The van der Waals surface area contributed by atoms with Crippen LogP contribution in [-0.2, 0) is 14.3 Å². The number of allylic oxidation sites excluding steroid dienone is 12. The molecule has 9 nitrogen and oxygen atoms in total. The second kappa shape index (κ2) is 41.6. The Kier molecular flexibility index (Phi) is 38.7. The van der Waals surface area contributed by atoms with Gasteiger partial charge in [-0.3, -0.25) is 4.79 Å². The molecule has 0 radical (unpaired) electrons. The van der Waals surface area contributed by atoms with E-state index in [0.717, 1.165) is 77.0 Å². The number of amides is 1. The van der Waals surface area contributed by atoms with Gasteiger partial charge in [0.2, 0.25) is 5.91 Å². The largest absolute Gasteiger partial charge is 0.394 e. The van der Waals surface area contributed by atoms with E-state index in [1.807, 2.05) is 0 Å². The molecule has 0 aromatic rings. The van der Waals surface area contributed by atoms with Gasteiger partial charge in [0.15, 0.2) is 6.29 Å². The number of ether oxygens (including phenoxy) is 2. The molecule has 1 rings (SSSR count). The van der Waals surface area contributed by atoms with Crippen molar-refractivity contribution in [2.45, 2.75) is 236 Å². The molecule has 0 spiro atoms. The van der Waals surface area contributed by atoms with Gasteiger partial charge in [-0.1, -0.05) is 196 Å². The van der Waals surface area contributed by atoms with Gasteiger partial charge in [-0.2, -0.15) is 0 Å². The van der Waals surface area contributed by atoms with Crippen molar-refractivity contribution in [3.05, 3.63) is 72.9 Å². The van der Waals surface area contributed by atoms with Crippen LogP contribution in [0.2, 0.25) is 0 Å². The maximum Gasteiger partial charge on any atom is 0.220 e. The minimum atomic E-state index is -1.55. The lowest BCUT2D eigenvalue weighted by Crippen LogP contribution is -2.60. The van der Waals surface area contributed by atoms with Gasteiger partial charge in [0, 0.05) is 6.42 Å². The second-order valence-electron chi connectivity index (χ2n) is 16.9. The molecule has 1 fully saturated rings. The molecule has 6 N–H and O–H groups in total. The Labute approximate surface area is 372 Å². The molecule has 0 aliphatic carbocycles. The number of carbonyl (C=O) groups excluding carboxylic acids is 1. The van der Waals surface area contributed by atoms with Crippen molar-refractivity contribution in [3.63, 3.8) is 0 Å². The topological polar surface area (TPSA) is 149 Å². The highest BCUT2D eigenvalue weighted by molar-refractivity contribution is 5.76. The number of carbonyl (C=O) groups is 1. The molecule has 1 aliphatic heterocycles. The zero-order valence-electron chi connectivity index (χ0n) is 38.6. The highest BCUT2D eigenvalue weighted by atomic mass is 16.7. The summed E-state index contributed by atoms with van der Waals surface area (Å²) in [5, 5.41) is 54.1. The van der Waals surface area contributed by atoms with Crippen LogP contribution >= 0.6 is 0 Å². The zero-order valence-corrected chi connectivity index (χ0v) is 38.6. The van der Waals surface area contributed by atoms with E-state index in [0.29, 0.717) is 12.8 Å². The molecule has 1 saturated heterocycles. The van der Waals surface area contributed by atoms with Crippen molar-refractivity contribution >= 4 is 5.91 Å². The number of rotatable bonds is 40. The van der Waals surface area contributed by atoms with Crippen molar-refractivity contribution in [3.8, 4) is 0 Å². The van der Waals surface area contributed by atoms with Gasteiger partial charge in [-0.05, 0) is 64.2 Å². The van der Waals surface area contributed by atoms with Crippen LogP contribution in [0.5, 0.6) is 0 Å². The number of aliphatic hydroxyl groups is 5. The first-order valence-electron chi connectivity index (χ1n) is 24.6. The third-order valence-electron chi connectivity index (χ3n) is 11.3. The molecule has 7 unspecified atom stereocenters. The van der Waals surface area contributed by atoms with Crippen molar-refractivity contribution in [2.24, 2.45) is 0 Å². The van der Waals surface area contributed by atoms with Crippen LogP contribution in [0.3, 0.4) is 0 Å². The Morgan fingerprint density at radius 2 is 1.02 bits per heavy atom. The Hall–Kier alpha value is -2.37. The molecule has 1 aliphatic rings. The Balaban J connectivity index is 2.12. The minimum absolute atomic E-state index is 0.142. The van der Waals surface area contributed by atoms with Gasteiger partial charge >= 0.3 is 0 Å². The highest BCUT2D eigenvalue weighted by Crippen LogP contribution is 2.23. The minimum Gasteiger partial charge on any atom is -0.394 e. The Morgan fingerprint density at radius 3 is 1.51 bits per heavy atom. The fraction of sp³-hybridized carbons (Fsp3) is 0.750. The summed E-state index contributed by atoms with van der Waals surface area (Å²) < 4.78 is 11.2. The van der Waals surface area contributed by atoms with E-state index in [9.17, 15) is 30.3 Å². The normalized spacial score (nSPS) is 21.1. The summed E-state index contributed by atoms with van der Waals surface area (Å²) in [4.78, 5) is 12.9. The molecule has 0 saturated carbocycles. The summed E-state index contributed by atoms with van der Waals surface area (Å²) in [6, 6.07) is -0.720. The van der Waals surface area contributed by atoms with E-state index in [1.165, 1.54) is 89.9 Å². The lowest BCUT2D eigenvalue weighted by molar-refractivity contribution is -0.302. The summed E-state index contributed by atoms with van der Waals surface area (Å²) in [5.74, 6) is -0.154. The fourth-order valence-corrected chi connectivity index (χ4v) is 7.40. The van der Waals surface area contributed by atoms with E-state index in [2.05, 4.69) is 92.1 Å². The molecule has 7 atom stereocenters. The van der Waals surface area contributed by atoms with Gasteiger partial charge < -0.3 is 40.3 Å². The van der Waals surface area contributed by atoms with E-state index >= 15 is 0 Å². The lowest BCUT2D eigenvalue weighted by atomic mass is 9.99. The maximum atomic E-state index is 12.9. The first-order valence-corrected chi connectivity index (χ1v) is 24.6. The van der Waals surface area contributed by atoms with E-state index in [1.54, 1.807) is 0 Å². The Morgan fingerprint density at radius 1 is 0.574 bits per heavy atom. The van der Waals surface area contributed by atoms with Crippen molar-refractivity contribution in [1.29, 1.82) is 0 Å². The molecular weight excluding hydrogens is 767 g/mol. The quantitative estimate of drug-likeness (QED) is 0.0264. The Bertz CT molecular complexity index is 1180. The number of aliphatic hydroxyl groups excluding tert-OH is 5. The smallest absolute Gasteiger partial charge is 0.220 e. The monoisotopic (exact) mass is 858 g/mol. The molecule has 61 heavy (non-hydrogen) atoms. The van der Waals surface area contributed by atoms with Crippen LogP contribution in [-0.4, -0.2) is 87.5 Å². The third-order valence-corrected chi connectivity index (χ3v) is 11.3. The number of unbranched alkanes of at least 4 members (excludes halogenated alkanes) is 18. The summed E-state index contributed by atoms with van der Waals surface area (Å²) in [6.07, 6.45) is 49.5. The summed E-state index contributed by atoms with van der Waals surface area (Å²) in [5.41, 5.74) is 0. The first kappa shape index (κ1) is 56.6. The standard InChI is InChI=1S/C52H91NO8/c1-3-5-7-9-11-12-13-14-15-16-17-18-19-20-21-22-23-24-25-26-27-28-29-30-31-32-33-34-36-38-40-42-48(56)53-45(46(55)41-39-37-35-10-8-6-4-2)44-60-52-51(59)50(58)49(57)47(43-54)61-52/h5,7,11-12,14-15,17-18,20-21,23-24,45-47,49-52,54-55,57-59H,3-4,6,8-10,13,16,19,22,25-44H2,1-2H3,(H,53,56)/b7-5-,12-11-,15-14-,18-17-,21-20-,24-23-. The van der Waals surface area contributed by atoms with E-state index in [4.69, 9.17) is 9.47 Å². The summed E-state index contributed by atoms with van der Waals surface area (Å²) >= 11 is 0. The van der Waals surface area contributed by atoms with Crippen LogP contribution in [0.4, 0.5) is 0 Å². The SMILES string of the molecule is CC/C=C\C/C=C\C/C=C\C/C=C\C/C=C\C/C=C\CCCCCCCCCCCCCCC(=O)NC(COC1OC(CO)C(O)C(O)C1O)C(O)CCCCCCCCC. The van der Waals surface area contributed by atoms with Crippen molar-refractivity contribution < 1.29 is 39.8 Å². The van der Waals surface area contributed by atoms with Crippen LogP contribution in [0.1, 0.15) is 194 Å². The van der Waals surface area contributed by atoms with E-state index in [-0.39, 0.29) is 12.5 Å². The number of hydrogen-bond donors (Lipinski definition) is 6.